The van der Waals surface area contributed by atoms with Crippen LogP contribution in [0.15, 0.2) is 24.3 Å². The topological polar surface area (TPSA) is 70.7 Å². The molecule has 5 fully saturated rings. The molecule has 2 N–H and O–H groups in total. The maximum absolute atomic E-state index is 13.6. The van der Waals surface area contributed by atoms with Crippen LogP contribution in [0.3, 0.4) is 0 Å². The van der Waals surface area contributed by atoms with Crippen molar-refractivity contribution < 1.29 is 14.3 Å². The molecule has 192 valence electrons. The molecule has 5 aliphatic rings. The molecule has 6 nitrogen and oxygen atoms in total. The zero-order chi connectivity index (χ0) is 24.6. The van der Waals surface area contributed by atoms with Gasteiger partial charge in [0.05, 0.1) is 13.2 Å². The minimum Gasteiger partial charge on any atom is -0.497 e. The van der Waals surface area contributed by atoms with E-state index in [1.165, 1.54) is 32.1 Å². The van der Waals surface area contributed by atoms with Gasteiger partial charge < -0.3 is 15.4 Å². The van der Waals surface area contributed by atoms with Crippen LogP contribution >= 0.6 is 0 Å². The molecule has 1 aliphatic heterocycles. The molecule has 1 saturated heterocycles. The van der Waals surface area contributed by atoms with Gasteiger partial charge in [0.1, 0.15) is 11.8 Å². The number of hydrogen-bond donors (Lipinski definition) is 2. The second-order valence-corrected chi connectivity index (χ2v) is 12.2. The van der Waals surface area contributed by atoms with Crippen molar-refractivity contribution in [2.45, 2.75) is 77.3 Å². The fourth-order valence-electron chi connectivity index (χ4n) is 7.89. The number of likely N-dealkylation sites (tertiary alicyclic amines) is 1. The molecule has 1 aromatic carbocycles. The Morgan fingerprint density at radius 1 is 1.06 bits per heavy atom. The zero-order valence-electron chi connectivity index (χ0n) is 21.7. The zero-order valence-corrected chi connectivity index (χ0v) is 21.7. The first-order valence-electron chi connectivity index (χ1n) is 13.8. The van der Waals surface area contributed by atoms with Gasteiger partial charge in [0.2, 0.25) is 11.8 Å². The summed E-state index contributed by atoms with van der Waals surface area (Å²) in [6.07, 6.45) is 9.35. The molecule has 6 heteroatoms. The Labute approximate surface area is 210 Å². The molecule has 1 aromatic rings. The molecule has 4 bridgehead atoms. The summed E-state index contributed by atoms with van der Waals surface area (Å²) < 4.78 is 5.45. The third-order valence-corrected chi connectivity index (χ3v) is 9.29. The fourth-order valence-corrected chi connectivity index (χ4v) is 7.89. The van der Waals surface area contributed by atoms with E-state index in [4.69, 9.17) is 4.74 Å². The van der Waals surface area contributed by atoms with E-state index in [2.05, 4.69) is 27.7 Å². The molecule has 0 radical (unpaired) electrons. The van der Waals surface area contributed by atoms with Crippen LogP contribution in [0.25, 0.3) is 0 Å². The van der Waals surface area contributed by atoms with E-state index in [-0.39, 0.29) is 29.2 Å². The quantitative estimate of drug-likeness (QED) is 0.552. The van der Waals surface area contributed by atoms with E-state index in [1.54, 1.807) is 7.11 Å². The lowest BCUT2D eigenvalue weighted by molar-refractivity contribution is -0.149. The Kier molecular flexibility index (Phi) is 7.11. The molecule has 1 heterocycles. The van der Waals surface area contributed by atoms with Gasteiger partial charge in [-0.2, -0.15) is 0 Å². The first-order chi connectivity index (χ1) is 16.9. The molecule has 2 atom stereocenters. The van der Waals surface area contributed by atoms with Gasteiger partial charge in [-0.05, 0) is 106 Å². The summed E-state index contributed by atoms with van der Waals surface area (Å²) in [6, 6.07) is 7.76. The lowest BCUT2D eigenvalue weighted by Gasteiger charge is -2.55. The summed E-state index contributed by atoms with van der Waals surface area (Å²) in [5.74, 6) is 3.07. The number of ether oxygens (including phenoxy) is 1. The first-order valence-corrected chi connectivity index (χ1v) is 13.8. The van der Waals surface area contributed by atoms with Crippen molar-refractivity contribution in [2.24, 2.45) is 29.1 Å². The summed E-state index contributed by atoms with van der Waals surface area (Å²) in [5.41, 5.74) is 0.922. The number of carbonyl (C=O) groups is 2. The predicted octanol–water partition coefficient (Wildman–Crippen LogP) is 4.31. The molecule has 35 heavy (non-hydrogen) atoms. The Morgan fingerprint density at radius 2 is 1.69 bits per heavy atom. The SMILES string of the molecule is COc1cccc([C@@H](CNC(=O)[C@@H](NC(=O)C23CC4CC(CC(C4)C2)C3)C(C)C)N2CCCC2)c1. The van der Waals surface area contributed by atoms with Crippen molar-refractivity contribution in [3.63, 3.8) is 0 Å². The smallest absolute Gasteiger partial charge is 0.242 e. The van der Waals surface area contributed by atoms with Crippen molar-refractivity contribution in [1.82, 2.24) is 15.5 Å². The van der Waals surface area contributed by atoms with Gasteiger partial charge >= 0.3 is 0 Å². The third-order valence-electron chi connectivity index (χ3n) is 9.29. The molecule has 6 rings (SSSR count). The van der Waals surface area contributed by atoms with E-state index in [9.17, 15) is 9.59 Å². The standard InChI is InChI=1S/C29H43N3O3/c1-19(2)26(31-28(34)29-15-20-11-21(16-29)13-22(12-20)17-29)27(33)30-18-25(32-9-4-5-10-32)23-7-6-8-24(14-23)35-3/h6-8,14,19-22,25-26H,4-5,9-13,15-18H2,1-3H3,(H,30,33)(H,31,34)/t20?,21?,22?,25-,26+,29?/m1/s1. The number of nitrogens with one attached hydrogen (secondary N) is 2. The van der Waals surface area contributed by atoms with Gasteiger partial charge in [0, 0.05) is 12.0 Å². The number of amides is 2. The third kappa shape index (κ3) is 5.09. The van der Waals surface area contributed by atoms with Crippen LogP contribution in [-0.4, -0.2) is 49.5 Å². The van der Waals surface area contributed by atoms with Crippen LogP contribution in [0.4, 0.5) is 0 Å². The molecular formula is C29H43N3O3. The fraction of sp³-hybridized carbons (Fsp3) is 0.724. The van der Waals surface area contributed by atoms with Crippen molar-refractivity contribution in [1.29, 1.82) is 0 Å². The van der Waals surface area contributed by atoms with Crippen LogP contribution in [0, 0.1) is 29.1 Å². The van der Waals surface area contributed by atoms with Gasteiger partial charge in [0.15, 0.2) is 0 Å². The number of hydrogen-bond acceptors (Lipinski definition) is 4. The van der Waals surface area contributed by atoms with Crippen LogP contribution in [-0.2, 0) is 9.59 Å². The minimum atomic E-state index is -0.500. The van der Waals surface area contributed by atoms with Gasteiger partial charge in [-0.25, -0.2) is 0 Å². The highest BCUT2D eigenvalue weighted by atomic mass is 16.5. The second kappa shape index (κ2) is 10.1. The number of carbonyl (C=O) groups excluding carboxylic acids is 2. The average Bonchev–Trinajstić information content (AvgIpc) is 3.36. The van der Waals surface area contributed by atoms with Crippen LogP contribution in [0.1, 0.15) is 76.8 Å². The lowest BCUT2D eigenvalue weighted by atomic mass is 9.49. The van der Waals surface area contributed by atoms with Crippen molar-refractivity contribution in [3.05, 3.63) is 29.8 Å². The van der Waals surface area contributed by atoms with E-state index >= 15 is 0 Å². The van der Waals surface area contributed by atoms with E-state index in [0.29, 0.717) is 24.3 Å². The van der Waals surface area contributed by atoms with E-state index < -0.39 is 6.04 Å². The van der Waals surface area contributed by atoms with Gasteiger partial charge in [-0.3, -0.25) is 14.5 Å². The maximum atomic E-state index is 13.6. The highest BCUT2D eigenvalue weighted by Gasteiger charge is 2.55. The van der Waals surface area contributed by atoms with Gasteiger partial charge in [-0.1, -0.05) is 26.0 Å². The predicted molar refractivity (Wildman–Crippen MR) is 137 cm³/mol. The monoisotopic (exact) mass is 481 g/mol. The number of benzene rings is 1. The molecule has 0 spiro atoms. The summed E-state index contributed by atoms with van der Waals surface area (Å²) >= 11 is 0. The summed E-state index contributed by atoms with van der Waals surface area (Å²) in [4.78, 5) is 29.5. The lowest BCUT2D eigenvalue weighted by Crippen LogP contribution is -2.58. The van der Waals surface area contributed by atoms with Crippen molar-refractivity contribution in [2.75, 3.05) is 26.7 Å². The summed E-state index contributed by atoms with van der Waals surface area (Å²) in [5, 5.41) is 6.46. The highest BCUT2D eigenvalue weighted by Crippen LogP contribution is 2.60. The van der Waals surface area contributed by atoms with Crippen LogP contribution < -0.4 is 15.4 Å². The normalized spacial score (nSPS) is 31.4. The molecular weight excluding hydrogens is 438 g/mol. The van der Waals surface area contributed by atoms with Crippen molar-refractivity contribution in [3.8, 4) is 5.75 Å². The first kappa shape index (κ1) is 24.6. The number of methoxy groups -OCH3 is 1. The van der Waals surface area contributed by atoms with Crippen LogP contribution in [0.2, 0.25) is 0 Å². The van der Waals surface area contributed by atoms with Gasteiger partial charge in [-0.15, -0.1) is 0 Å². The second-order valence-electron chi connectivity index (χ2n) is 12.2. The minimum absolute atomic E-state index is 0.0370. The Morgan fingerprint density at radius 3 is 2.26 bits per heavy atom. The molecule has 4 saturated carbocycles. The maximum Gasteiger partial charge on any atom is 0.242 e. The molecule has 2 amide bonds. The Hall–Kier alpha value is -2.08. The molecule has 0 unspecified atom stereocenters. The number of rotatable bonds is 9. The largest absolute Gasteiger partial charge is 0.497 e. The van der Waals surface area contributed by atoms with Gasteiger partial charge in [0.25, 0.3) is 0 Å². The molecule has 0 aromatic heterocycles. The Balaban J connectivity index is 1.26. The van der Waals surface area contributed by atoms with E-state index in [0.717, 1.165) is 43.7 Å². The summed E-state index contributed by atoms with van der Waals surface area (Å²) in [6.45, 7) is 6.67. The highest BCUT2D eigenvalue weighted by molar-refractivity contribution is 5.90. The average molecular weight is 482 g/mol. The van der Waals surface area contributed by atoms with Crippen molar-refractivity contribution >= 4 is 11.8 Å². The van der Waals surface area contributed by atoms with E-state index in [1.807, 2.05) is 26.0 Å². The summed E-state index contributed by atoms with van der Waals surface area (Å²) in [7, 11) is 1.69. The number of nitrogens with zero attached hydrogens (tertiary/aromatic N) is 1. The van der Waals surface area contributed by atoms with Crippen LogP contribution in [0.5, 0.6) is 5.75 Å². The Bertz CT molecular complexity index is 888. The molecule has 4 aliphatic carbocycles.